The lowest BCUT2D eigenvalue weighted by Gasteiger charge is -2.30. The summed E-state index contributed by atoms with van der Waals surface area (Å²) in [5.41, 5.74) is 0.911. The van der Waals surface area contributed by atoms with E-state index in [4.69, 9.17) is 9.26 Å². The Kier molecular flexibility index (Phi) is 8.79. The molecule has 0 fully saturated rings. The summed E-state index contributed by atoms with van der Waals surface area (Å²) in [6.07, 6.45) is 1.66. The summed E-state index contributed by atoms with van der Waals surface area (Å²) in [6.45, 7) is 7.71. The largest absolute Gasteiger partial charge is 0.379 e. The third-order valence-electron chi connectivity index (χ3n) is 2.86. The molecule has 1 aromatic heterocycles. The summed E-state index contributed by atoms with van der Waals surface area (Å²) in [4.78, 5) is 4.16. The summed E-state index contributed by atoms with van der Waals surface area (Å²) in [5, 5.41) is 10.2. The third kappa shape index (κ3) is 6.56. The van der Waals surface area contributed by atoms with Gasteiger partial charge in [-0.15, -0.1) is 24.0 Å². The highest BCUT2D eigenvalue weighted by Crippen LogP contribution is 2.20. The van der Waals surface area contributed by atoms with Gasteiger partial charge in [-0.3, -0.25) is 4.99 Å². The minimum atomic E-state index is 0. The molecule has 116 valence electrons. The lowest BCUT2D eigenvalue weighted by Crippen LogP contribution is -2.45. The van der Waals surface area contributed by atoms with Gasteiger partial charge in [0.15, 0.2) is 5.96 Å². The van der Waals surface area contributed by atoms with E-state index >= 15 is 0 Å². The zero-order chi connectivity index (χ0) is 14.3. The number of hydrogen-bond acceptors (Lipinski definition) is 4. The van der Waals surface area contributed by atoms with Gasteiger partial charge in [0.05, 0.1) is 12.6 Å². The van der Waals surface area contributed by atoms with E-state index in [-0.39, 0.29) is 35.5 Å². The molecule has 1 aromatic rings. The molecule has 0 aliphatic heterocycles. The van der Waals surface area contributed by atoms with E-state index in [0.29, 0.717) is 19.0 Å². The maximum atomic E-state index is 5.49. The molecule has 1 rings (SSSR count). The van der Waals surface area contributed by atoms with Gasteiger partial charge in [0.25, 0.3) is 0 Å². The van der Waals surface area contributed by atoms with Crippen LogP contribution in [0.15, 0.2) is 21.8 Å². The van der Waals surface area contributed by atoms with Crippen LogP contribution in [0.1, 0.15) is 26.5 Å². The van der Waals surface area contributed by atoms with Crippen LogP contribution in [0.3, 0.4) is 0 Å². The number of methoxy groups -OCH3 is 1. The minimum Gasteiger partial charge on any atom is -0.379 e. The van der Waals surface area contributed by atoms with Crippen LogP contribution >= 0.6 is 24.0 Å². The molecular weight excluding hydrogens is 371 g/mol. The van der Waals surface area contributed by atoms with Crippen molar-refractivity contribution in [1.82, 2.24) is 15.8 Å². The lowest BCUT2D eigenvalue weighted by atomic mass is 9.89. The molecule has 20 heavy (non-hydrogen) atoms. The normalized spacial score (nSPS) is 13.6. The van der Waals surface area contributed by atoms with Crippen molar-refractivity contribution in [2.75, 3.05) is 20.7 Å². The highest BCUT2D eigenvalue weighted by atomic mass is 127. The number of guanidine groups is 1. The topological polar surface area (TPSA) is 71.7 Å². The molecule has 0 saturated carbocycles. The molecule has 7 heteroatoms. The molecular formula is C13H25IN4O2. The maximum Gasteiger partial charge on any atom is 0.191 e. The van der Waals surface area contributed by atoms with Crippen molar-refractivity contribution < 1.29 is 9.26 Å². The van der Waals surface area contributed by atoms with E-state index < -0.39 is 0 Å². The predicted octanol–water partition coefficient (Wildman–Crippen LogP) is 2.02. The van der Waals surface area contributed by atoms with Crippen LogP contribution in [0.2, 0.25) is 0 Å². The second-order valence-corrected chi connectivity index (χ2v) is 5.39. The van der Waals surface area contributed by atoms with Gasteiger partial charge >= 0.3 is 0 Å². The SMILES string of the molecule is CN=C(NCc1ccon1)NCC(OC)C(C)(C)C.I. The number of nitrogens with one attached hydrogen (secondary N) is 2. The molecule has 0 amide bonds. The van der Waals surface area contributed by atoms with Crippen LogP contribution in [0.4, 0.5) is 0 Å². The van der Waals surface area contributed by atoms with Crippen LogP contribution in [0.25, 0.3) is 0 Å². The number of rotatable bonds is 5. The quantitative estimate of drug-likeness (QED) is 0.453. The van der Waals surface area contributed by atoms with Crippen LogP contribution in [-0.2, 0) is 11.3 Å². The van der Waals surface area contributed by atoms with Gasteiger partial charge in [0.1, 0.15) is 12.0 Å². The van der Waals surface area contributed by atoms with E-state index in [2.05, 4.69) is 41.6 Å². The Bertz CT molecular complexity index is 388. The molecule has 0 radical (unpaired) electrons. The number of nitrogens with zero attached hydrogens (tertiary/aromatic N) is 2. The summed E-state index contributed by atoms with van der Waals surface area (Å²) in [6, 6.07) is 1.81. The van der Waals surface area contributed by atoms with Crippen molar-refractivity contribution in [3.05, 3.63) is 18.0 Å². The first-order valence-corrected chi connectivity index (χ1v) is 6.34. The monoisotopic (exact) mass is 396 g/mol. The standard InChI is InChI=1S/C13H24N4O2.HI/c1-13(2,3)11(18-5)9-16-12(14-4)15-8-10-6-7-19-17-10;/h6-7,11H,8-9H2,1-5H3,(H2,14,15,16);1H. The smallest absolute Gasteiger partial charge is 0.191 e. The zero-order valence-corrected chi connectivity index (χ0v) is 15.1. The number of halogens is 1. The maximum absolute atomic E-state index is 5.49. The highest BCUT2D eigenvalue weighted by molar-refractivity contribution is 14.0. The predicted molar refractivity (Wildman–Crippen MR) is 90.4 cm³/mol. The summed E-state index contributed by atoms with van der Waals surface area (Å²) >= 11 is 0. The minimum absolute atomic E-state index is 0. The first kappa shape index (κ1) is 19.2. The van der Waals surface area contributed by atoms with Crippen LogP contribution < -0.4 is 10.6 Å². The van der Waals surface area contributed by atoms with Crippen molar-refractivity contribution in [1.29, 1.82) is 0 Å². The second kappa shape index (κ2) is 9.17. The third-order valence-corrected chi connectivity index (χ3v) is 2.86. The fourth-order valence-corrected chi connectivity index (χ4v) is 1.66. The van der Waals surface area contributed by atoms with Gasteiger partial charge in [0.2, 0.25) is 0 Å². The molecule has 0 saturated heterocycles. The second-order valence-electron chi connectivity index (χ2n) is 5.39. The summed E-state index contributed by atoms with van der Waals surface area (Å²) < 4.78 is 10.3. The molecule has 1 heterocycles. The number of aromatic nitrogens is 1. The van der Waals surface area contributed by atoms with E-state index in [1.807, 2.05) is 6.07 Å². The van der Waals surface area contributed by atoms with Crippen LogP contribution in [-0.4, -0.2) is 37.9 Å². The number of aliphatic imine (C=N–C) groups is 1. The van der Waals surface area contributed by atoms with Crippen molar-refractivity contribution in [3.8, 4) is 0 Å². The Morgan fingerprint density at radius 1 is 1.45 bits per heavy atom. The average molecular weight is 396 g/mol. The van der Waals surface area contributed by atoms with E-state index in [1.165, 1.54) is 0 Å². The van der Waals surface area contributed by atoms with Gasteiger partial charge in [-0.05, 0) is 5.41 Å². The van der Waals surface area contributed by atoms with Crippen molar-refractivity contribution >= 4 is 29.9 Å². The van der Waals surface area contributed by atoms with Crippen LogP contribution in [0, 0.1) is 5.41 Å². The fraction of sp³-hybridized carbons (Fsp3) is 0.692. The summed E-state index contributed by atoms with van der Waals surface area (Å²) in [7, 11) is 3.46. The van der Waals surface area contributed by atoms with Crippen molar-refractivity contribution in [2.45, 2.75) is 33.4 Å². The Hall–Kier alpha value is -0.830. The average Bonchev–Trinajstić information content (AvgIpc) is 2.85. The first-order valence-electron chi connectivity index (χ1n) is 6.34. The number of ether oxygens (including phenoxy) is 1. The van der Waals surface area contributed by atoms with Gasteiger partial charge in [-0.25, -0.2) is 0 Å². The van der Waals surface area contributed by atoms with Crippen molar-refractivity contribution in [2.24, 2.45) is 10.4 Å². The molecule has 0 bridgehead atoms. The van der Waals surface area contributed by atoms with Gasteiger partial charge in [-0.1, -0.05) is 25.9 Å². The van der Waals surface area contributed by atoms with E-state index in [9.17, 15) is 0 Å². The Morgan fingerprint density at radius 3 is 2.60 bits per heavy atom. The molecule has 0 spiro atoms. The molecule has 0 aliphatic carbocycles. The lowest BCUT2D eigenvalue weighted by molar-refractivity contribution is 0.0205. The van der Waals surface area contributed by atoms with Gasteiger partial charge in [-0.2, -0.15) is 0 Å². The Labute approximate surface area is 137 Å². The Morgan fingerprint density at radius 2 is 2.15 bits per heavy atom. The van der Waals surface area contributed by atoms with Crippen LogP contribution in [0.5, 0.6) is 0 Å². The summed E-state index contributed by atoms with van der Waals surface area (Å²) in [5.74, 6) is 0.717. The molecule has 1 atom stereocenters. The first-order chi connectivity index (χ1) is 8.97. The number of hydrogen-bond donors (Lipinski definition) is 2. The van der Waals surface area contributed by atoms with Crippen molar-refractivity contribution in [3.63, 3.8) is 0 Å². The molecule has 0 aliphatic rings. The van der Waals surface area contributed by atoms with E-state index in [0.717, 1.165) is 5.69 Å². The highest BCUT2D eigenvalue weighted by Gasteiger charge is 2.24. The molecule has 1 unspecified atom stereocenters. The molecule has 2 N–H and O–H groups in total. The molecule has 0 aromatic carbocycles. The Balaban J connectivity index is 0.00000361. The fourth-order valence-electron chi connectivity index (χ4n) is 1.66. The van der Waals surface area contributed by atoms with Gasteiger partial charge < -0.3 is 19.9 Å². The van der Waals surface area contributed by atoms with E-state index in [1.54, 1.807) is 20.4 Å². The molecule has 6 nitrogen and oxygen atoms in total. The van der Waals surface area contributed by atoms with Gasteiger partial charge in [0, 0.05) is 26.8 Å². The zero-order valence-electron chi connectivity index (χ0n) is 12.8.